The van der Waals surface area contributed by atoms with Crippen molar-refractivity contribution in [3.8, 4) is 5.75 Å². The fraction of sp³-hybridized carbons (Fsp3) is 0.194. The topological polar surface area (TPSA) is 106 Å². The van der Waals surface area contributed by atoms with E-state index >= 15 is 0 Å². The molecular weight excluding hydrogens is 534 g/mol. The Labute approximate surface area is 235 Å². The quantitative estimate of drug-likeness (QED) is 0.188. The van der Waals surface area contributed by atoms with Crippen molar-refractivity contribution in [2.75, 3.05) is 18.6 Å². The minimum atomic E-state index is -1.000. The first kappa shape index (κ1) is 27.0. The average Bonchev–Trinajstić information content (AvgIpc) is 3.49. The molecule has 0 radical (unpaired) electrons. The number of hydrogen-bond donors (Lipinski definition) is 1. The number of methoxy groups -OCH3 is 1. The normalized spacial score (nSPS) is 15.2. The predicted molar refractivity (Wildman–Crippen MR) is 150 cm³/mol. The van der Waals surface area contributed by atoms with Crippen molar-refractivity contribution < 1.29 is 33.4 Å². The zero-order chi connectivity index (χ0) is 28.6. The van der Waals surface area contributed by atoms with E-state index in [1.165, 1.54) is 24.1 Å². The lowest BCUT2D eigenvalue weighted by Crippen LogP contribution is -2.31. The molecule has 3 aromatic carbocycles. The smallest absolute Gasteiger partial charge is 0.338 e. The molecule has 0 bridgehead atoms. The number of ether oxygens (including phenoxy) is 2. The van der Waals surface area contributed by atoms with Gasteiger partial charge in [-0.15, -0.1) is 0 Å². The second-order valence-electron chi connectivity index (χ2n) is 9.41. The summed E-state index contributed by atoms with van der Waals surface area (Å²) in [5.41, 5.74) is 2.19. The molecule has 1 aliphatic heterocycles. The summed E-state index contributed by atoms with van der Waals surface area (Å²) in [6.45, 7) is 4.03. The maximum atomic E-state index is 14.0. The fourth-order valence-electron chi connectivity index (χ4n) is 4.80. The summed E-state index contributed by atoms with van der Waals surface area (Å²) >= 11 is 6.19. The summed E-state index contributed by atoms with van der Waals surface area (Å²) in [6.07, 6.45) is 0.661. The van der Waals surface area contributed by atoms with Gasteiger partial charge in [-0.1, -0.05) is 54.4 Å². The van der Waals surface area contributed by atoms with Gasteiger partial charge < -0.3 is 19.0 Å². The molecule has 0 saturated carbocycles. The lowest BCUT2D eigenvalue weighted by molar-refractivity contribution is -0.117. The van der Waals surface area contributed by atoms with Crippen molar-refractivity contribution >= 4 is 45.9 Å². The molecule has 0 saturated heterocycles. The number of carbonyl (C=O) groups is 3. The van der Waals surface area contributed by atoms with Crippen molar-refractivity contribution in [1.29, 1.82) is 0 Å². The molecule has 0 fully saturated rings. The minimum absolute atomic E-state index is 0.0960. The van der Waals surface area contributed by atoms with Gasteiger partial charge in [0.2, 0.25) is 5.78 Å². The van der Waals surface area contributed by atoms with Gasteiger partial charge in [0.1, 0.15) is 0 Å². The molecule has 5 rings (SSSR count). The van der Waals surface area contributed by atoms with E-state index in [0.717, 1.165) is 5.56 Å². The number of anilines is 1. The monoisotopic (exact) mass is 559 g/mol. The van der Waals surface area contributed by atoms with Crippen LogP contribution in [0, 0.1) is 6.92 Å². The highest BCUT2D eigenvalue weighted by atomic mass is 35.5. The van der Waals surface area contributed by atoms with Crippen LogP contribution >= 0.6 is 11.6 Å². The van der Waals surface area contributed by atoms with Gasteiger partial charge in [0.25, 0.3) is 5.91 Å². The maximum absolute atomic E-state index is 14.0. The highest BCUT2D eigenvalue weighted by molar-refractivity contribution is 6.31. The van der Waals surface area contributed by atoms with Crippen molar-refractivity contribution in [1.82, 2.24) is 0 Å². The van der Waals surface area contributed by atoms with E-state index in [4.69, 9.17) is 25.5 Å². The molecule has 9 heteroatoms. The van der Waals surface area contributed by atoms with Crippen LogP contribution in [-0.4, -0.2) is 36.5 Å². The second kappa shape index (κ2) is 10.9. The number of furan rings is 1. The summed E-state index contributed by atoms with van der Waals surface area (Å²) in [5.74, 6) is -2.46. The lowest BCUT2D eigenvalue weighted by atomic mass is 9.93. The van der Waals surface area contributed by atoms with Crippen LogP contribution < -0.4 is 9.64 Å². The van der Waals surface area contributed by atoms with Gasteiger partial charge in [-0.25, -0.2) is 4.79 Å². The molecule has 1 amide bonds. The maximum Gasteiger partial charge on any atom is 0.338 e. The third-order valence-electron chi connectivity index (χ3n) is 6.60. The van der Waals surface area contributed by atoms with Gasteiger partial charge in [0.05, 0.1) is 30.9 Å². The number of aliphatic hydroxyl groups is 1. The van der Waals surface area contributed by atoms with Crippen LogP contribution in [-0.2, 0) is 9.53 Å². The number of aliphatic hydroxyl groups excluding tert-OH is 1. The Morgan fingerprint density at radius 1 is 1.07 bits per heavy atom. The Kier molecular flexibility index (Phi) is 7.36. The summed E-state index contributed by atoms with van der Waals surface area (Å²) in [4.78, 5) is 41.4. The molecule has 1 atom stereocenters. The molecule has 8 nitrogen and oxygen atoms in total. The lowest BCUT2D eigenvalue weighted by Gasteiger charge is -2.27. The van der Waals surface area contributed by atoms with Crippen molar-refractivity contribution in [2.45, 2.75) is 26.3 Å². The van der Waals surface area contributed by atoms with Crippen LogP contribution in [0.15, 0.2) is 82.5 Å². The van der Waals surface area contributed by atoms with Crippen LogP contribution in [0.5, 0.6) is 5.75 Å². The molecule has 204 valence electrons. The van der Waals surface area contributed by atoms with Crippen LogP contribution in [0.1, 0.15) is 51.4 Å². The molecule has 0 spiro atoms. The van der Waals surface area contributed by atoms with Crippen LogP contribution in [0.3, 0.4) is 0 Å². The van der Waals surface area contributed by atoms with Gasteiger partial charge in [-0.2, -0.15) is 0 Å². The SMILES string of the molecule is CCCOC(=O)c1cccc(N2C(=O)C(O)=C(C(=O)c3cc4cc(Cl)cc(OC)c4o3)C2c2cccc(C)c2)c1. The zero-order valence-corrected chi connectivity index (χ0v) is 22.8. The number of ketones is 1. The number of halogens is 1. The largest absolute Gasteiger partial charge is 0.503 e. The molecular formula is C31H26ClNO7. The van der Waals surface area contributed by atoms with Gasteiger partial charge in [0.15, 0.2) is 22.9 Å². The molecule has 2 heterocycles. The summed E-state index contributed by atoms with van der Waals surface area (Å²) < 4.78 is 16.5. The van der Waals surface area contributed by atoms with E-state index in [0.29, 0.717) is 39.4 Å². The Bertz CT molecular complexity index is 1690. The van der Waals surface area contributed by atoms with Gasteiger partial charge in [-0.05, 0) is 49.2 Å². The Morgan fingerprint density at radius 3 is 2.58 bits per heavy atom. The Balaban J connectivity index is 1.63. The van der Waals surface area contributed by atoms with Crippen molar-refractivity contribution in [3.05, 3.63) is 106 Å². The van der Waals surface area contributed by atoms with E-state index in [1.807, 2.05) is 26.0 Å². The molecule has 1 unspecified atom stereocenters. The van der Waals surface area contributed by atoms with E-state index in [1.54, 1.807) is 42.5 Å². The van der Waals surface area contributed by atoms with E-state index in [9.17, 15) is 19.5 Å². The number of Topliss-reactive ketones (excluding diaryl/α,β-unsaturated/α-hetero) is 1. The number of rotatable bonds is 8. The first-order chi connectivity index (χ1) is 19.2. The van der Waals surface area contributed by atoms with Crippen LogP contribution in [0.25, 0.3) is 11.0 Å². The van der Waals surface area contributed by atoms with Crippen molar-refractivity contribution in [2.24, 2.45) is 0 Å². The molecule has 1 N–H and O–H groups in total. The summed E-state index contributed by atoms with van der Waals surface area (Å²) in [6, 6.07) is 17.3. The number of nitrogens with zero attached hydrogens (tertiary/aromatic N) is 1. The van der Waals surface area contributed by atoms with Crippen molar-refractivity contribution in [3.63, 3.8) is 0 Å². The van der Waals surface area contributed by atoms with E-state index < -0.39 is 29.5 Å². The number of fused-ring (bicyclic) bond motifs is 1. The zero-order valence-electron chi connectivity index (χ0n) is 22.1. The van der Waals surface area contributed by atoms with E-state index in [2.05, 4.69) is 0 Å². The highest BCUT2D eigenvalue weighted by Crippen LogP contribution is 2.43. The average molecular weight is 560 g/mol. The minimum Gasteiger partial charge on any atom is -0.503 e. The van der Waals surface area contributed by atoms with Gasteiger partial charge in [0, 0.05) is 22.2 Å². The van der Waals surface area contributed by atoms with Crippen LogP contribution in [0.4, 0.5) is 5.69 Å². The Morgan fingerprint density at radius 2 is 1.85 bits per heavy atom. The number of aryl methyl sites for hydroxylation is 1. The highest BCUT2D eigenvalue weighted by Gasteiger charge is 2.45. The molecule has 1 aliphatic rings. The third kappa shape index (κ3) is 4.82. The number of carbonyl (C=O) groups excluding carboxylic acids is 3. The number of amides is 1. The molecule has 4 aromatic rings. The summed E-state index contributed by atoms with van der Waals surface area (Å²) in [5, 5.41) is 12.0. The van der Waals surface area contributed by atoms with Gasteiger partial charge in [-0.3, -0.25) is 14.5 Å². The van der Waals surface area contributed by atoms with Crippen LogP contribution in [0.2, 0.25) is 5.02 Å². The number of benzene rings is 3. The van der Waals surface area contributed by atoms with Gasteiger partial charge >= 0.3 is 5.97 Å². The third-order valence-corrected chi connectivity index (χ3v) is 6.82. The molecule has 40 heavy (non-hydrogen) atoms. The van der Waals surface area contributed by atoms with E-state index in [-0.39, 0.29) is 23.5 Å². The molecule has 1 aromatic heterocycles. The second-order valence-corrected chi connectivity index (χ2v) is 9.84. The summed E-state index contributed by atoms with van der Waals surface area (Å²) in [7, 11) is 1.46. The standard InChI is InChI=1S/C31H26ClNO7/c1-4-11-39-31(37)19-9-6-10-22(14-19)33-26(18-8-5-7-17(2)12-18)25(28(35)30(33)36)27(34)23-15-20-13-21(32)16-24(38-3)29(20)40-23/h5-10,12-16,26,35H,4,11H2,1-3H3. The first-order valence-corrected chi connectivity index (χ1v) is 13.0. The Hall–Kier alpha value is -4.56. The number of esters is 1. The predicted octanol–water partition coefficient (Wildman–Crippen LogP) is 6.75. The molecule has 0 aliphatic carbocycles. The fourth-order valence-corrected chi connectivity index (χ4v) is 5.02. The first-order valence-electron chi connectivity index (χ1n) is 12.7. The number of hydrogen-bond acceptors (Lipinski definition) is 7.